The fraction of sp³-hybridized carbons (Fsp3) is 0.516. The standard InChI is InChI=1S/C31H39N3O6/c1-21(38-29(36)27(32)20-28(33)35)40-31(22-10-4-2-5-11-22,23-12-6-3-7-13-23)30(37)39-26-18-24-14-15-25(19-26)34(24)16-8-9-17-34/h2-7,10-13,21,24-27H,8-9,14-20,32H2,1H3,(H-,33,35)/p+1/t21?,24?,25?,26?,27-/m0/s1. The maximum atomic E-state index is 14.4. The van der Waals surface area contributed by atoms with Crippen molar-refractivity contribution in [2.45, 2.75) is 88.0 Å². The van der Waals surface area contributed by atoms with Crippen LogP contribution in [-0.2, 0) is 34.2 Å². The lowest BCUT2D eigenvalue weighted by atomic mass is 9.85. The molecule has 0 aliphatic carbocycles. The molecule has 214 valence electrons. The molecule has 4 atom stereocenters. The Morgan fingerprint density at radius 1 is 0.925 bits per heavy atom. The van der Waals surface area contributed by atoms with Crippen molar-refractivity contribution >= 4 is 17.8 Å². The Kier molecular flexibility index (Phi) is 8.26. The van der Waals surface area contributed by atoms with Gasteiger partial charge in [0.25, 0.3) is 0 Å². The third-order valence-corrected chi connectivity index (χ3v) is 9.03. The highest BCUT2D eigenvalue weighted by atomic mass is 16.7. The van der Waals surface area contributed by atoms with Gasteiger partial charge in [-0.3, -0.25) is 9.59 Å². The van der Waals surface area contributed by atoms with Gasteiger partial charge in [0.1, 0.15) is 12.1 Å². The molecule has 3 unspecified atom stereocenters. The van der Waals surface area contributed by atoms with Crippen LogP contribution in [0.4, 0.5) is 0 Å². The molecule has 0 aromatic heterocycles. The monoisotopic (exact) mass is 550 g/mol. The maximum absolute atomic E-state index is 14.4. The molecular weight excluding hydrogens is 510 g/mol. The molecule has 2 aromatic rings. The van der Waals surface area contributed by atoms with Gasteiger partial charge < -0.3 is 30.2 Å². The van der Waals surface area contributed by atoms with E-state index in [-0.39, 0.29) is 12.5 Å². The predicted molar refractivity (Wildman–Crippen MR) is 147 cm³/mol. The first-order valence-electron chi connectivity index (χ1n) is 14.4. The number of primary amides is 1. The second kappa shape index (κ2) is 11.7. The highest BCUT2D eigenvalue weighted by molar-refractivity contribution is 5.86. The molecule has 9 nitrogen and oxygen atoms in total. The number of piperidine rings is 1. The van der Waals surface area contributed by atoms with Gasteiger partial charge in [-0.05, 0) is 18.1 Å². The molecule has 3 aliphatic rings. The minimum atomic E-state index is -1.70. The minimum absolute atomic E-state index is 0.216. The summed E-state index contributed by atoms with van der Waals surface area (Å²) in [7, 11) is 0. The number of esters is 2. The summed E-state index contributed by atoms with van der Waals surface area (Å²) in [5.41, 5.74) is 10.4. The number of carbonyl (C=O) groups excluding carboxylic acids is 3. The number of quaternary nitrogens is 1. The van der Waals surface area contributed by atoms with Crippen LogP contribution in [0.3, 0.4) is 0 Å². The maximum Gasteiger partial charge on any atom is 0.348 e. The normalized spacial score (nSPS) is 24.8. The number of carbonyl (C=O) groups is 3. The van der Waals surface area contributed by atoms with E-state index in [1.165, 1.54) is 50.2 Å². The third-order valence-electron chi connectivity index (χ3n) is 9.03. The number of rotatable bonds is 10. The number of hydrogen-bond donors (Lipinski definition) is 2. The molecule has 3 heterocycles. The van der Waals surface area contributed by atoms with Crippen molar-refractivity contribution in [1.29, 1.82) is 0 Å². The highest BCUT2D eigenvalue weighted by Crippen LogP contribution is 2.47. The Balaban J connectivity index is 1.44. The van der Waals surface area contributed by atoms with E-state index in [1.807, 2.05) is 36.4 Å². The number of benzene rings is 2. The zero-order chi connectivity index (χ0) is 28.3. The van der Waals surface area contributed by atoms with Crippen LogP contribution in [0, 0.1) is 0 Å². The topological polar surface area (TPSA) is 131 Å². The average molecular weight is 551 g/mol. The first-order chi connectivity index (χ1) is 19.2. The fourth-order valence-electron chi connectivity index (χ4n) is 7.30. The number of hydrogen-bond acceptors (Lipinski definition) is 7. The summed E-state index contributed by atoms with van der Waals surface area (Å²) in [6.45, 7) is 3.99. The van der Waals surface area contributed by atoms with Crippen LogP contribution in [0.5, 0.6) is 0 Å². The highest BCUT2D eigenvalue weighted by Gasteiger charge is 2.57. The molecule has 3 aliphatic heterocycles. The molecule has 0 saturated carbocycles. The Hall–Kier alpha value is -3.27. The third kappa shape index (κ3) is 5.38. The predicted octanol–water partition coefficient (Wildman–Crippen LogP) is 2.89. The zero-order valence-corrected chi connectivity index (χ0v) is 23.1. The molecule has 2 bridgehead atoms. The van der Waals surface area contributed by atoms with Gasteiger partial charge in [-0.1, -0.05) is 60.7 Å². The minimum Gasteiger partial charge on any atom is -0.459 e. The van der Waals surface area contributed by atoms with Crippen molar-refractivity contribution in [3.63, 3.8) is 0 Å². The van der Waals surface area contributed by atoms with Crippen molar-refractivity contribution < 1.29 is 33.1 Å². The van der Waals surface area contributed by atoms with Crippen LogP contribution in [-0.4, -0.2) is 65.9 Å². The number of nitrogens with two attached hydrogens (primary N) is 2. The summed E-state index contributed by atoms with van der Waals surface area (Å²) in [5.74, 6) is -2.12. The van der Waals surface area contributed by atoms with E-state index in [2.05, 4.69) is 0 Å². The average Bonchev–Trinajstić information content (AvgIpc) is 3.48. The second-order valence-electron chi connectivity index (χ2n) is 11.5. The van der Waals surface area contributed by atoms with Gasteiger partial charge in [-0.25, -0.2) is 4.79 Å². The summed E-state index contributed by atoms with van der Waals surface area (Å²) in [6.07, 6.45) is 4.81. The molecular formula is C31H40N3O6+. The smallest absolute Gasteiger partial charge is 0.348 e. The van der Waals surface area contributed by atoms with Crippen LogP contribution in [0.25, 0.3) is 0 Å². The van der Waals surface area contributed by atoms with Crippen LogP contribution in [0.2, 0.25) is 0 Å². The molecule has 1 amide bonds. The van der Waals surface area contributed by atoms with E-state index in [0.717, 1.165) is 12.8 Å². The van der Waals surface area contributed by atoms with Gasteiger partial charge in [0.05, 0.1) is 31.6 Å². The van der Waals surface area contributed by atoms with E-state index < -0.39 is 35.8 Å². The Morgan fingerprint density at radius 2 is 1.45 bits per heavy atom. The lowest BCUT2D eigenvalue weighted by Crippen LogP contribution is -2.60. The van der Waals surface area contributed by atoms with Crippen molar-refractivity contribution in [2.75, 3.05) is 13.1 Å². The van der Waals surface area contributed by atoms with Gasteiger partial charge in [0.15, 0.2) is 0 Å². The molecule has 2 aromatic carbocycles. The molecule has 5 rings (SSSR count). The van der Waals surface area contributed by atoms with Crippen molar-refractivity contribution in [2.24, 2.45) is 11.5 Å². The quantitative estimate of drug-likeness (QED) is 0.264. The molecule has 9 heteroatoms. The zero-order valence-electron chi connectivity index (χ0n) is 23.1. The van der Waals surface area contributed by atoms with E-state index in [0.29, 0.717) is 23.2 Å². The molecule has 1 spiro atoms. The summed E-state index contributed by atoms with van der Waals surface area (Å²) in [4.78, 5) is 38.2. The number of ether oxygens (including phenoxy) is 3. The molecule has 3 fully saturated rings. The van der Waals surface area contributed by atoms with Crippen LogP contribution >= 0.6 is 0 Å². The molecule has 4 N–H and O–H groups in total. The molecule has 0 radical (unpaired) electrons. The van der Waals surface area contributed by atoms with Crippen LogP contribution < -0.4 is 11.5 Å². The largest absolute Gasteiger partial charge is 0.459 e. The fourth-order valence-corrected chi connectivity index (χ4v) is 7.30. The van der Waals surface area contributed by atoms with Gasteiger partial charge >= 0.3 is 11.9 Å². The van der Waals surface area contributed by atoms with Crippen molar-refractivity contribution in [1.82, 2.24) is 0 Å². The lowest BCUT2D eigenvalue weighted by Gasteiger charge is -2.47. The SMILES string of the molecule is CC(OC(=O)[C@@H](N)CC(N)=O)OC(C(=O)OC1CC2CCC(C1)[N+]21CCCC1)(c1ccccc1)c1ccccc1. The number of amides is 1. The van der Waals surface area contributed by atoms with Crippen molar-refractivity contribution in [3.8, 4) is 0 Å². The van der Waals surface area contributed by atoms with E-state index >= 15 is 0 Å². The second-order valence-corrected chi connectivity index (χ2v) is 11.5. The first-order valence-corrected chi connectivity index (χ1v) is 14.4. The van der Waals surface area contributed by atoms with Gasteiger partial charge in [0, 0.05) is 38.5 Å². The van der Waals surface area contributed by atoms with Gasteiger partial charge in [0.2, 0.25) is 17.8 Å². The van der Waals surface area contributed by atoms with Crippen LogP contribution in [0.15, 0.2) is 60.7 Å². The Morgan fingerprint density at radius 3 is 1.95 bits per heavy atom. The Labute approximate surface area is 235 Å². The van der Waals surface area contributed by atoms with Crippen LogP contribution in [0.1, 0.15) is 63.0 Å². The van der Waals surface area contributed by atoms with E-state index in [4.69, 9.17) is 25.7 Å². The van der Waals surface area contributed by atoms with E-state index in [1.54, 1.807) is 24.3 Å². The van der Waals surface area contributed by atoms with E-state index in [9.17, 15) is 14.4 Å². The summed E-state index contributed by atoms with van der Waals surface area (Å²) < 4.78 is 19.4. The summed E-state index contributed by atoms with van der Waals surface area (Å²) >= 11 is 0. The van der Waals surface area contributed by atoms with Gasteiger partial charge in [-0.2, -0.15) is 0 Å². The Bertz CT molecular complexity index is 1140. The molecule has 40 heavy (non-hydrogen) atoms. The summed E-state index contributed by atoms with van der Waals surface area (Å²) in [5, 5.41) is 0. The molecule has 3 saturated heterocycles. The van der Waals surface area contributed by atoms with Crippen molar-refractivity contribution in [3.05, 3.63) is 71.8 Å². The number of nitrogens with zero attached hydrogens (tertiary/aromatic N) is 1. The van der Waals surface area contributed by atoms with Gasteiger partial charge in [-0.15, -0.1) is 0 Å². The lowest BCUT2D eigenvalue weighted by molar-refractivity contribution is -0.956. The summed E-state index contributed by atoms with van der Waals surface area (Å²) in [6, 6.07) is 18.0. The first kappa shape index (κ1) is 28.3.